The van der Waals surface area contributed by atoms with Gasteiger partial charge < -0.3 is 5.32 Å². The minimum Gasteiger partial charge on any atom is -0.326 e. The number of carbonyl (C=O) groups excluding carboxylic acids is 2. The Bertz CT molecular complexity index is 1220. The average molecular weight is 464 g/mol. The molecule has 0 radical (unpaired) electrons. The van der Waals surface area contributed by atoms with Gasteiger partial charge in [0.1, 0.15) is 0 Å². The molecule has 1 N–H and O–H groups in total. The van der Waals surface area contributed by atoms with Gasteiger partial charge in [-0.2, -0.15) is 0 Å². The van der Waals surface area contributed by atoms with Gasteiger partial charge in [-0.05, 0) is 41.8 Å². The number of sulfone groups is 1. The smallest absolute Gasteiger partial charge is 0.227 e. The fraction of sp³-hybridized carbons (Fsp3) is 0.259. The number of hydrogen-bond acceptors (Lipinski definition) is 4. The Labute approximate surface area is 195 Å². The zero-order chi connectivity index (χ0) is 24.0. The molecule has 0 saturated heterocycles. The maximum atomic E-state index is 12.7. The number of nitrogens with one attached hydrogen (secondary N) is 1. The first-order valence-corrected chi connectivity index (χ1v) is 12.7. The van der Waals surface area contributed by atoms with E-state index in [2.05, 4.69) is 5.32 Å². The van der Waals surface area contributed by atoms with E-state index in [1.165, 1.54) is 0 Å². The summed E-state index contributed by atoms with van der Waals surface area (Å²) in [5, 5.41) is 2.90. The van der Waals surface area contributed by atoms with E-state index in [0.717, 1.165) is 11.1 Å². The van der Waals surface area contributed by atoms with Gasteiger partial charge in [0, 0.05) is 23.1 Å². The maximum absolute atomic E-state index is 12.7. The molecule has 0 fully saturated rings. The van der Waals surface area contributed by atoms with Crippen molar-refractivity contribution in [1.29, 1.82) is 0 Å². The third kappa shape index (κ3) is 6.17. The Hall–Kier alpha value is -3.25. The van der Waals surface area contributed by atoms with Crippen LogP contribution >= 0.6 is 0 Å². The van der Waals surface area contributed by atoms with Crippen LogP contribution in [-0.2, 0) is 21.1 Å². The molecule has 0 aromatic heterocycles. The van der Waals surface area contributed by atoms with Gasteiger partial charge in [-0.1, -0.05) is 75.4 Å². The summed E-state index contributed by atoms with van der Waals surface area (Å²) < 4.78 is 24.2. The molecule has 0 aliphatic heterocycles. The molecule has 0 spiro atoms. The fourth-order valence-corrected chi connectivity index (χ4v) is 4.55. The van der Waals surface area contributed by atoms with E-state index in [4.69, 9.17) is 0 Å². The zero-order valence-corrected chi connectivity index (χ0v) is 19.9. The molecule has 2 atom stereocenters. The van der Waals surface area contributed by atoms with Crippen molar-refractivity contribution in [2.24, 2.45) is 5.92 Å². The Morgan fingerprint density at radius 2 is 1.55 bits per heavy atom. The lowest BCUT2D eigenvalue weighted by Gasteiger charge is -2.15. The predicted molar refractivity (Wildman–Crippen MR) is 131 cm³/mol. The quantitative estimate of drug-likeness (QED) is 0.438. The summed E-state index contributed by atoms with van der Waals surface area (Å²) in [4.78, 5) is 25.6. The standard InChI is InChI=1S/C27H29NO4S/c1-4-33(31,32)25-12-8-9-21(18-25)17-19(2)27(30)28-24-15-13-22(14-16-24)20(3)26(29)23-10-6-5-7-11-23/h5-16,18-20H,4,17H2,1-3H3,(H,28,30). The van der Waals surface area contributed by atoms with Gasteiger partial charge in [0.05, 0.1) is 10.6 Å². The van der Waals surface area contributed by atoms with Crippen LogP contribution in [0.15, 0.2) is 83.8 Å². The van der Waals surface area contributed by atoms with Gasteiger partial charge in [0.25, 0.3) is 0 Å². The van der Waals surface area contributed by atoms with Crippen LogP contribution in [0, 0.1) is 5.92 Å². The molecule has 5 nitrogen and oxygen atoms in total. The van der Waals surface area contributed by atoms with Crippen LogP contribution in [0.2, 0.25) is 0 Å². The molecule has 3 aromatic carbocycles. The Morgan fingerprint density at radius 1 is 0.879 bits per heavy atom. The second kappa shape index (κ2) is 10.6. The van der Waals surface area contributed by atoms with Crippen LogP contribution in [0.4, 0.5) is 5.69 Å². The second-order valence-corrected chi connectivity index (χ2v) is 10.5. The number of rotatable bonds is 9. The second-order valence-electron chi connectivity index (χ2n) is 8.22. The molecule has 0 bridgehead atoms. The van der Waals surface area contributed by atoms with E-state index in [0.29, 0.717) is 17.7 Å². The van der Waals surface area contributed by atoms with Gasteiger partial charge in [0.15, 0.2) is 15.6 Å². The van der Waals surface area contributed by atoms with Crippen molar-refractivity contribution in [2.75, 3.05) is 11.1 Å². The van der Waals surface area contributed by atoms with Gasteiger partial charge >= 0.3 is 0 Å². The van der Waals surface area contributed by atoms with Crippen LogP contribution in [0.1, 0.15) is 48.2 Å². The lowest BCUT2D eigenvalue weighted by Crippen LogP contribution is -2.22. The van der Waals surface area contributed by atoms with Crippen LogP contribution in [-0.4, -0.2) is 25.9 Å². The summed E-state index contributed by atoms with van der Waals surface area (Å²) >= 11 is 0. The number of Topliss-reactive ketones (excluding diaryl/α,β-unsaturated/α-hetero) is 1. The van der Waals surface area contributed by atoms with E-state index in [1.807, 2.05) is 62.4 Å². The first-order valence-electron chi connectivity index (χ1n) is 11.0. The number of amides is 1. The van der Waals surface area contributed by atoms with Crippen molar-refractivity contribution in [3.05, 3.63) is 95.6 Å². The molecule has 0 aliphatic carbocycles. The van der Waals surface area contributed by atoms with Crippen LogP contribution in [0.3, 0.4) is 0 Å². The van der Waals surface area contributed by atoms with E-state index >= 15 is 0 Å². The van der Waals surface area contributed by atoms with Crippen molar-refractivity contribution in [3.63, 3.8) is 0 Å². The summed E-state index contributed by atoms with van der Waals surface area (Å²) in [5.41, 5.74) is 3.00. The molecule has 2 unspecified atom stereocenters. The SMILES string of the molecule is CCS(=O)(=O)c1cccc(CC(C)C(=O)Nc2ccc(C(C)C(=O)c3ccccc3)cc2)c1. The molecule has 172 valence electrons. The van der Waals surface area contributed by atoms with E-state index < -0.39 is 9.84 Å². The molecule has 0 aliphatic rings. The number of carbonyl (C=O) groups is 2. The molecule has 6 heteroatoms. The van der Waals surface area contributed by atoms with Gasteiger partial charge in [-0.25, -0.2) is 8.42 Å². The number of anilines is 1. The van der Waals surface area contributed by atoms with Gasteiger partial charge in [0.2, 0.25) is 5.91 Å². The summed E-state index contributed by atoms with van der Waals surface area (Å²) in [6.07, 6.45) is 0.430. The highest BCUT2D eigenvalue weighted by Crippen LogP contribution is 2.23. The largest absolute Gasteiger partial charge is 0.326 e. The molecule has 0 heterocycles. The zero-order valence-electron chi connectivity index (χ0n) is 19.1. The highest BCUT2D eigenvalue weighted by molar-refractivity contribution is 7.91. The van der Waals surface area contributed by atoms with E-state index in [9.17, 15) is 18.0 Å². The van der Waals surface area contributed by atoms with Crippen molar-refractivity contribution in [1.82, 2.24) is 0 Å². The molecule has 33 heavy (non-hydrogen) atoms. The first kappa shape index (κ1) is 24.4. The fourth-order valence-electron chi connectivity index (χ4n) is 3.60. The summed E-state index contributed by atoms with van der Waals surface area (Å²) in [6.45, 7) is 5.30. The van der Waals surface area contributed by atoms with Crippen molar-refractivity contribution < 1.29 is 18.0 Å². The van der Waals surface area contributed by atoms with Gasteiger partial charge in [-0.3, -0.25) is 9.59 Å². The van der Waals surface area contributed by atoms with E-state index in [-0.39, 0.29) is 34.2 Å². The lowest BCUT2D eigenvalue weighted by atomic mass is 9.92. The van der Waals surface area contributed by atoms with E-state index in [1.54, 1.807) is 37.3 Å². The third-order valence-corrected chi connectivity index (χ3v) is 7.49. The molecular formula is C27H29NO4S. The monoisotopic (exact) mass is 463 g/mol. The first-order chi connectivity index (χ1) is 15.7. The highest BCUT2D eigenvalue weighted by Gasteiger charge is 2.19. The van der Waals surface area contributed by atoms with Crippen molar-refractivity contribution in [3.8, 4) is 0 Å². The Kier molecular flexibility index (Phi) is 7.82. The van der Waals surface area contributed by atoms with Crippen LogP contribution < -0.4 is 5.32 Å². The highest BCUT2D eigenvalue weighted by atomic mass is 32.2. The minimum atomic E-state index is -3.29. The number of hydrogen-bond donors (Lipinski definition) is 1. The maximum Gasteiger partial charge on any atom is 0.227 e. The minimum absolute atomic E-state index is 0.0397. The predicted octanol–water partition coefficient (Wildman–Crippen LogP) is 5.28. The van der Waals surface area contributed by atoms with Crippen LogP contribution in [0.5, 0.6) is 0 Å². The molecule has 1 amide bonds. The van der Waals surface area contributed by atoms with Gasteiger partial charge in [-0.15, -0.1) is 0 Å². The average Bonchev–Trinajstić information content (AvgIpc) is 2.84. The summed E-state index contributed by atoms with van der Waals surface area (Å²) in [7, 11) is -3.29. The third-order valence-electron chi connectivity index (χ3n) is 5.76. The van der Waals surface area contributed by atoms with Crippen LogP contribution in [0.25, 0.3) is 0 Å². The van der Waals surface area contributed by atoms with Crippen molar-refractivity contribution in [2.45, 2.75) is 38.0 Å². The Balaban J connectivity index is 1.62. The lowest BCUT2D eigenvalue weighted by molar-refractivity contribution is -0.119. The number of benzene rings is 3. The number of ketones is 1. The summed E-state index contributed by atoms with van der Waals surface area (Å²) in [6, 6.07) is 23.2. The van der Waals surface area contributed by atoms with Crippen molar-refractivity contribution >= 4 is 27.2 Å². The normalized spacial score (nSPS) is 13.2. The molecule has 3 rings (SSSR count). The molecule has 3 aromatic rings. The topological polar surface area (TPSA) is 80.3 Å². The molecule has 0 saturated carbocycles. The Morgan fingerprint density at radius 3 is 2.18 bits per heavy atom. The molecular weight excluding hydrogens is 434 g/mol. The summed E-state index contributed by atoms with van der Waals surface area (Å²) in [5.74, 6) is -0.697.